The first-order chi connectivity index (χ1) is 13.6. The Morgan fingerprint density at radius 2 is 1.90 bits per heavy atom. The van der Waals surface area contributed by atoms with Gasteiger partial charge in [-0.2, -0.15) is 0 Å². The third-order valence-electron chi connectivity index (χ3n) is 6.04. The maximum Gasteiger partial charge on any atom is 0.251 e. The summed E-state index contributed by atoms with van der Waals surface area (Å²) in [4.78, 5) is 27.9. The number of rotatable bonds is 5. The Morgan fingerprint density at radius 3 is 2.48 bits per heavy atom. The predicted molar refractivity (Wildman–Crippen MR) is 114 cm³/mol. The number of aliphatic hydroxyl groups excluding tert-OH is 1. The van der Waals surface area contributed by atoms with Crippen LogP contribution in [0.2, 0.25) is 0 Å². The Kier molecular flexibility index (Phi) is 6.34. The van der Waals surface area contributed by atoms with Crippen LogP contribution in [0.15, 0.2) is 24.3 Å². The third kappa shape index (κ3) is 4.81. The van der Waals surface area contributed by atoms with Gasteiger partial charge in [0.2, 0.25) is 5.91 Å². The lowest BCUT2D eigenvalue weighted by atomic mass is 9.86. The number of carbonyl (C=O) groups is 2. The summed E-state index contributed by atoms with van der Waals surface area (Å²) in [6, 6.07) is 6.96. The molecule has 6 nitrogen and oxygen atoms in total. The summed E-state index contributed by atoms with van der Waals surface area (Å²) in [6.45, 7) is 11.6. The number of benzene rings is 1. The number of carbonyl (C=O) groups excluding carboxylic acids is 2. The number of hydrogen-bond acceptors (Lipinski definition) is 4. The van der Waals surface area contributed by atoms with E-state index in [4.69, 9.17) is 0 Å². The molecular weight excluding hydrogens is 366 g/mol. The highest BCUT2D eigenvalue weighted by Gasteiger charge is 2.46. The molecule has 3 N–H and O–H groups in total. The zero-order valence-corrected chi connectivity index (χ0v) is 18.2. The number of β-amino-alcohol motifs (C(OH)–C–C–N with tert-alkyl or cyclic N) is 1. The molecule has 0 bridgehead atoms. The maximum absolute atomic E-state index is 13.3. The van der Waals surface area contributed by atoms with E-state index in [9.17, 15) is 14.7 Å². The van der Waals surface area contributed by atoms with Crippen LogP contribution in [0.1, 0.15) is 63.4 Å². The Hall–Kier alpha value is -1.92. The molecule has 2 fully saturated rings. The summed E-state index contributed by atoms with van der Waals surface area (Å²) in [6.07, 6.45) is 0.860. The molecule has 1 aromatic rings. The third-order valence-corrected chi connectivity index (χ3v) is 6.04. The molecule has 3 rings (SSSR count). The van der Waals surface area contributed by atoms with Gasteiger partial charge in [0.25, 0.3) is 5.91 Å². The molecule has 6 heteroatoms. The van der Waals surface area contributed by atoms with Crippen LogP contribution in [0.4, 0.5) is 0 Å². The predicted octanol–water partition coefficient (Wildman–Crippen LogP) is 2.06. The van der Waals surface area contributed by atoms with Crippen molar-refractivity contribution in [2.24, 2.45) is 5.92 Å². The first-order valence-corrected chi connectivity index (χ1v) is 10.7. The van der Waals surface area contributed by atoms with Crippen molar-refractivity contribution in [3.8, 4) is 0 Å². The van der Waals surface area contributed by atoms with E-state index < -0.39 is 12.1 Å². The van der Waals surface area contributed by atoms with E-state index >= 15 is 0 Å². The Morgan fingerprint density at radius 1 is 1.24 bits per heavy atom. The van der Waals surface area contributed by atoms with Crippen LogP contribution in [-0.4, -0.2) is 59.1 Å². The van der Waals surface area contributed by atoms with E-state index in [1.54, 1.807) is 4.90 Å². The minimum absolute atomic E-state index is 0.0214. The van der Waals surface area contributed by atoms with Gasteiger partial charge in [0.05, 0.1) is 12.1 Å². The Balaban J connectivity index is 1.73. The van der Waals surface area contributed by atoms with Gasteiger partial charge in [0.1, 0.15) is 6.04 Å². The van der Waals surface area contributed by atoms with Crippen molar-refractivity contribution in [2.75, 3.05) is 13.1 Å². The highest BCUT2D eigenvalue weighted by atomic mass is 16.3. The Bertz CT molecular complexity index is 739. The SMILES string of the molecule is CC(C)C[C@H](NC(=O)c1ccc(C(C)(C)C)cc1)C(=O)N1CCC2NC[C@H](O)[C@H]21. The second kappa shape index (κ2) is 8.44. The van der Waals surface area contributed by atoms with Gasteiger partial charge < -0.3 is 20.6 Å². The van der Waals surface area contributed by atoms with Crippen molar-refractivity contribution in [3.05, 3.63) is 35.4 Å². The number of hydrogen-bond donors (Lipinski definition) is 3. The lowest BCUT2D eigenvalue weighted by molar-refractivity contribution is -0.136. The van der Waals surface area contributed by atoms with E-state index in [2.05, 4.69) is 31.4 Å². The fourth-order valence-corrected chi connectivity index (χ4v) is 4.42. The molecule has 0 aliphatic carbocycles. The minimum Gasteiger partial charge on any atom is -0.390 e. The zero-order chi connectivity index (χ0) is 21.3. The molecule has 0 spiro atoms. The van der Waals surface area contributed by atoms with Gasteiger partial charge in [-0.1, -0.05) is 46.8 Å². The van der Waals surface area contributed by atoms with Crippen LogP contribution in [0.3, 0.4) is 0 Å². The number of aliphatic hydroxyl groups is 1. The molecule has 4 atom stereocenters. The van der Waals surface area contributed by atoms with Gasteiger partial charge in [0.15, 0.2) is 0 Å². The Labute approximate surface area is 174 Å². The average molecular weight is 402 g/mol. The summed E-state index contributed by atoms with van der Waals surface area (Å²) in [5.74, 6) is -0.0588. The first-order valence-electron chi connectivity index (χ1n) is 10.7. The van der Waals surface area contributed by atoms with Gasteiger partial charge in [-0.3, -0.25) is 9.59 Å². The molecule has 29 heavy (non-hydrogen) atoms. The average Bonchev–Trinajstić information content (AvgIpc) is 3.23. The quantitative estimate of drug-likeness (QED) is 0.705. The summed E-state index contributed by atoms with van der Waals surface area (Å²) in [5, 5.41) is 16.5. The fourth-order valence-electron chi connectivity index (χ4n) is 4.42. The van der Waals surface area contributed by atoms with Gasteiger partial charge in [-0.05, 0) is 41.9 Å². The van der Waals surface area contributed by atoms with Crippen LogP contribution in [-0.2, 0) is 10.2 Å². The van der Waals surface area contributed by atoms with Crippen molar-refractivity contribution in [1.29, 1.82) is 0 Å². The van der Waals surface area contributed by atoms with E-state index in [1.807, 2.05) is 38.1 Å². The van der Waals surface area contributed by atoms with Gasteiger partial charge in [0, 0.05) is 24.7 Å². The topological polar surface area (TPSA) is 81.7 Å². The highest BCUT2D eigenvalue weighted by molar-refractivity contribution is 5.97. The summed E-state index contributed by atoms with van der Waals surface area (Å²) >= 11 is 0. The molecular formula is C23H35N3O3. The van der Waals surface area contributed by atoms with Gasteiger partial charge in [-0.15, -0.1) is 0 Å². The van der Waals surface area contributed by atoms with Crippen molar-refractivity contribution in [1.82, 2.24) is 15.5 Å². The largest absolute Gasteiger partial charge is 0.390 e. The van der Waals surface area contributed by atoms with Crippen molar-refractivity contribution in [3.63, 3.8) is 0 Å². The van der Waals surface area contributed by atoms with Gasteiger partial charge in [-0.25, -0.2) is 0 Å². The molecule has 2 aliphatic heterocycles. The molecule has 0 aromatic heterocycles. The minimum atomic E-state index is -0.587. The standard InChI is InChI=1S/C23H35N3O3/c1-14(2)12-18(22(29)26-11-10-17-20(26)19(27)13-24-17)25-21(28)15-6-8-16(9-7-15)23(3,4)5/h6-9,14,17-20,24,27H,10-13H2,1-5H3,(H,25,28)/t17?,18-,19-,20-/m0/s1. The number of fused-ring (bicyclic) bond motifs is 1. The molecule has 0 saturated carbocycles. The monoisotopic (exact) mass is 401 g/mol. The number of nitrogens with one attached hydrogen (secondary N) is 2. The number of amides is 2. The van der Waals surface area contributed by atoms with Crippen LogP contribution < -0.4 is 10.6 Å². The number of nitrogens with zero attached hydrogens (tertiary/aromatic N) is 1. The van der Waals surface area contributed by atoms with E-state index in [-0.39, 0.29) is 35.2 Å². The lowest BCUT2D eigenvalue weighted by Crippen LogP contribution is -2.53. The first kappa shape index (κ1) is 21.8. The second-order valence-electron chi connectivity index (χ2n) is 9.88. The zero-order valence-electron chi connectivity index (χ0n) is 18.2. The molecule has 2 heterocycles. The van der Waals surface area contributed by atoms with Crippen LogP contribution in [0.5, 0.6) is 0 Å². The van der Waals surface area contributed by atoms with Crippen molar-refractivity contribution >= 4 is 11.8 Å². The molecule has 0 radical (unpaired) electrons. The molecule has 1 aromatic carbocycles. The van der Waals surface area contributed by atoms with Crippen molar-refractivity contribution in [2.45, 2.75) is 77.1 Å². The molecule has 2 amide bonds. The van der Waals surface area contributed by atoms with Crippen LogP contribution >= 0.6 is 0 Å². The normalized spacial score (nSPS) is 25.2. The molecule has 2 aliphatic rings. The smallest absolute Gasteiger partial charge is 0.251 e. The maximum atomic E-state index is 13.3. The molecule has 160 valence electrons. The van der Waals surface area contributed by atoms with E-state index in [1.165, 1.54) is 0 Å². The van der Waals surface area contributed by atoms with Crippen molar-refractivity contribution < 1.29 is 14.7 Å². The molecule has 2 saturated heterocycles. The van der Waals surface area contributed by atoms with Crippen LogP contribution in [0, 0.1) is 5.92 Å². The fraction of sp³-hybridized carbons (Fsp3) is 0.652. The summed E-state index contributed by atoms with van der Waals surface area (Å²) in [7, 11) is 0. The lowest BCUT2D eigenvalue weighted by Gasteiger charge is -2.31. The molecule has 1 unspecified atom stereocenters. The second-order valence-corrected chi connectivity index (χ2v) is 9.88. The summed E-state index contributed by atoms with van der Waals surface area (Å²) in [5.41, 5.74) is 1.74. The van der Waals surface area contributed by atoms with E-state index in [0.29, 0.717) is 25.1 Å². The highest BCUT2D eigenvalue weighted by Crippen LogP contribution is 2.27. The van der Waals surface area contributed by atoms with E-state index in [0.717, 1.165) is 12.0 Å². The van der Waals surface area contributed by atoms with Crippen LogP contribution in [0.25, 0.3) is 0 Å². The number of likely N-dealkylation sites (tertiary alicyclic amines) is 1. The summed E-state index contributed by atoms with van der Waals surface area (Å²) < 4.78 is 0. The van der Waals surface area contributed by atoms with Gasteiger partial charge >= 0.3 is 0 Å².